The van der Waals surface area contributed by atoms with Crippen LogP contribution in [0.1, 0.15) is 28.0 Å². The Bertz CT molecular complexity index is 1210. The highest BCUT2D eigenvalue weighted by atomic mass is 35.5. The average Bonchev–Trinajstić information content (AvgIpc) is 3.34. The standard InChI is InChI=1S/C24H26ClFN4O3/c1-29(2)9-5-8-27-24(31)22-17-10-14-11-20(32-3)21(33-4)13-16(14)23(17)30(28-22)15-6-7-19(26)18(25)12-15/h6-7,11-13H,5,8-10H2,1-4H3,(H,27,31). The SMILES string of the molecule is COc1cc2c(cc1OC)-c1c(c(C(=O)NCCCN(C)C)nn1-c1ccc(F)c(Cl)c1)C2. The molecule has 1 heterocycles. The highest BCUT2D eigenvalue weighted by Gasteiger charge is 2.32. The van der Waals surface area contributed by atoms with Crippen LogP contribution in [-0.4, -0.2) is 62.0 Å². The van der Waals surface area contributed by atoms with Gasteiger partial charge in [0.15, 0.2) is 17.2 Å². The topological polar surface area (TPSA) is 68.6 Å². The third-order valence-corrected chi connectivity index (χ3v) is 5.94. The van der Waals surface area contributed by atoms with E-state index in [1.165, 1.54) is 12.1 Å². The maximum atomic E-state index is 13.8. The molecule has 2 aromatic carbocycles. The molecule has 4 rings (SSSR count). The molecule has 0 spiro atoms. The summed E-state index contributed by atoms with van der Waals surface area (Å²) in [4.78, 5) is 15.1. The van der Waals surface area contributed by atoms with E-state index >= 15 is 0 Å². The van der Waals surface area contributed by atoms with Gasteiger partial charge in [-0.25, -0.2) is 9.07 Å². The van der Waals surface area contributed by atoms with Crippen LogP contribution in [-0.2, 0) is 6.42 Å². The van der Waals surface area contributed by atoms with Gasteiger partial charge in [-0.3, -0.25) is 4.79 Å². The molecule has 0 saturated carbocycles. The van der Waals surface area contributed by atoms with Crippen molar-refractivity contribution in [3.8, 4) is 28.4 Å². The number of methoxy groups -OCH3 is 2. The number of rotatable bonds is 8. The van der Waals surface area contributed by atoms with Gasteiger partial charge in [0.05, 0.1) is 30.6 Å². The maximum absolute atomic E-state index is 13.8. The Labute approximate surface area is 197 Å². The molecule has 0 aliphatic heterocycles. The lowest BCUT2D eigenvalue weighted by Gasteiger charge is -2.12. The molecule has 0 radical (unpaired) electrons. The maximum Gasteiger partial charge on any atom is 0.272 e. The fourth-order valence-corrected chi connectivity index (χ4v) is 4.21. The van der Waals surface area contributed by atoms with Gasteiger partial charge in [0, 0.05) is 24.1 Å². The van der Waals surface area contributed by atoms with Gasteiger partial charge in [0.1, 0.15) is 5.82 Å². The van der Waals surface area contributed by atoms with E-state index in [0.717, 1.165) is 35.3 Å². The minimum absolute atomic E-state index is 0.0167. The molecule has 1 aromatic heterocycles. The van der Waals surface area contributed by atoms with Crippen molar-refractivity contribution < 1.29 is 18.7 Å². The Kier molecular flexibility index (Phi) is 6.58. The van der Waals surface area contributed by atoms with Gasteiger partial charge in [0.25, 0.3) is 5.91 Å². The van der Waals surface area contributed by atoms with Gasteiger partial charge in [-0.1, -0.05) is 11.6 Å². The van der Waals surface area contributed by atoms with Gasteiger partial charge in [-0.15, -0.1) is 0 Å². The molecular formula is C24H26ClFN4O3. The fraction of sp³-hybridized carbons (Fsp3) is 0.333. The summed E-state index contributed by atoms with van der Waals surface area (Å²) in [5.74, 6) is 0.419. The number of benzene rings is 2. The lowest BCUT2D eigenvalue weighted by atomic mass is 10.1. The van der Waals surface area contributed by atoms with E-state index in [0.29, 0.717) is 35.8 Å². The Morgan fingerprint density at radius 1 is 1.21 bits per heavy atom. The van der Waals surface area contributed by atoms with E-state index in [1.807, 2.05) is 26.2 Å². The van der Waals surface area contributed by atoms with E-state index in [9.17, 15) is 9.18 Å². The number of nitrogens with one attached hydrogen (secondary N) is 1. The number of carbonyl (C=O) groups is 1. The van der Waals surface area contributed by atoms with Crippen molar-refractivity contribution in [1.29, 1.82) is 0 Å². The van der Waals surface area contributed by atoms with Crippen LogP contribution in [0.2, 0.25) is 5.02 Å². The van der Waals surface area contributed by atoms with Gasteiger partial charge >= 0.3 is 0 Å². The van der Waals surface area contributed by atoms with Gasteiger partial charge in [-0.2, -0.15) is 5.10 Å². The number of amides is 1. The Hall–Kier alpha value is -3.10. The first-order valence-corrected chi connectivity index (χ1v) is 11.0. The predicted octanol–water partition coefficient (Wildman–Crippen LogP) is 3.93. The molecule has 33 heavy (non-hydrogen) atoms. The van der Waals surface area contributed by atoms with Crippen LogP contribution in [0.15, 0.2) is 30.3 Å². The van der Waals surface area contributed by atoms with Crippen LogP contribution >= 0.6 is 11.6 Å². The van der Waals surface area contributed by atoms with Crippen LogP contribution in [0.25, 0.3) is 16.9 Å². The first kappa shape index (κ1) is 23.1. The van der Waals surface area contributed by atoms with Crippen LogP contribution in [0.5, 0.6) is 11.5 Å². The number of carbonyl (C=O) groups excluding carboxylic acids is 1. The zero-order chi connectivity index (χ0) is 23.7. The van der Waals surface area contributed by atoms with Crippen molar-refractivity contribution in [3.05, 3.63) is 58.0 Å². The number of hydrogen-bond acceptors (Lipinski definition) is 5. The third-order valence-electron chi connectivity index (χ3n) is 5.65. The first-order chi connectivity index (χ1) is 15.8. The van der Waals surface area contributed by atoms with Gasteiger partial charge in [-0.05, 0) is 63.0 Å². The molecule has 174 valence electrons. The van der Waals surface area contributed by atoms with Crippen LogP contribution in [0.3, 0.4) is 0 Å². The molecule has 0 fully saturated rings. The lowest BCUT2D eigenvalue weighted by Crippen LogP contribution is -2.28. The molecule has 1 amide bonds. The molecule has 9 heteroatoms. The Morgan fingerprint density at radius 2 is 1.94 bits per heavy atom. The molecule has 1 aliphatic rings. The van der Waals surface area contributed by atoms with Crippen molar-refractivity contribution in [2.75, 3.05) is 41.4 Å². The lowest BCUT2D eigenvalue weighted by molar-refractivity contribution is 0.0946. The molecule has 7 nitrogen and oxygen atoms in total. The fourth-order valence-electron chi connectivity index (χ4n) is 4.04. The molecule has 0 saturated heterocycles. The van der Waals surface area contributed by atoms with E-state index < -0.39 is 5.82 Å². The zero-order valence-corrected chi connectivity index (χ0v) is 19.8. The highest BCUT2D eigenvalue weighted by molar-refractivity contribution is 6.30. The van der Waals surface area contributed by atoms with Crippen molar-refractivity contribution in [2.45, 2.75) is 12.8 Å². The number of nitrogens with zero attached hydrogens (tertiary/aromatic N) is 3. The molecule has 1 N–H and O–H groups in total. The van der Waals surface area contributed by atoms with Crippen molar-refractivity contribution in [3.63, 3.8) is 0 Å². The van der Waals surface area contributed by atoms with E-state index in [1.54, 1.807) is 25.0 Å². The number of halogens is 2. The summed E-state index contributed by atoms with van der Waals surface area (Å²) >= 11 is 6.05. The van der Waals surface area contributed by atoms with E-state index in [4.69, 9.17) is 21.1 Å². The summed E-state index contributed by atoms with van der Waals surface area (Å²) in [6.07, 6.45) is 1.34. The van der Waals surface area contributed by atoms with Crippen molar-refractivity contribution in [2.24, 2.45) is 0 Å². The molecule has 0 atom stereocenters. The van der Waals surface area contributed by atoms with Crippen molar-refractivity contribution in [1.82, 2.24) is 20.0 Å². The largest absolute Gasteiger partial charge is 0.493 e. The minimum Gasteiger partial charge on any atom is -0.493 e. The molecule has 1 aliphatic carbocycles. The summed E-state index contributed by atoms with van der Waals surface area (Å²) in [5.41, 5.74) is 4.32. The van der Waals surface area contributed by atoms with Crippen LogP contribution in [0.4, 0.5) is 4.39 Å². The number of ether oxygens (including phenoxy) is 2. The summed E-state index contributed by atoms with van der Waals surface area (Å²) in [6, 6.07) is 8.17. The summed E-state index contributed by atoms with van der Waals surface area (Å²) in [7, 11) is 7.14. The average molecular weight is 473 g/mol. The van der Waals surface area contributed by atoms with Gasteiger partial charge in [0.2, 0.25) is 0 Å². The second-order valence-corrected chi connectivity index (χ2v) is 8.55. The predicted molar refractivity (Wildman–Crippen MR) is 125 cm³/mol. The zero-order valence-electron chi connectivity index (χ0n) is 19.0. The minimum atomic E-state index is -0.519. The summed E-state index contributed by atoms with van der Waals surface area (Å²) in [5, 5.41) is 7.57. The van der Waals surface area contributed by atoms with E-state index in [-0.39, 0.29) is 10.9 Å². The Morgan fingerprint density at radius 3 is 2.61 bits per heavy atom. The van der Waals surface area contributed by atoms with Crippen molar-refractivity contribution >= 4 is 17.5 Å². The van der Waals surface area contributed by atoms with Crippen LogP contribution < -0.4 is 14.8 Å². The highest BCUT2D eigenvalue weighted by Crippen LogP contribution is 2.45. The third kappa shape index (κ3) is 4.41. The smallest absolute Gasteiger partial charge is 0.272 e. The molecule has 0 unspecified atom stereocenters. The summed E-state index contributed by atoms with van der Waals surface area (Å²) < 4.78 is 26.4. The van der Waals surface area contributed by atoms with Gasteiger partial charge < -0.3 is 19.7 Å². The normalized spacial score (nSPS) is 12.0. The molecule has 0 bridgehead atoms. The van der Waals surface area contributed by atoms with Crippen LogP contribution in [0, 0.1) is 5.82 Å². The monoisotopic (exact) mass is 472 g/mol. The second kappa shape index (κ2) is 9.41. The number of hydrogen-bond donors (Lipinski definition) is 1. The quantitative estimate of drug-likeness (QED) is 0.393. The molecule has 3 aromatic rings. The molecular weight excluding hydrogens is 447 g/mol. The Balaban J connectivity index is 1.79. The first-order valence-electron chi connectivity index (χ1n) is 10.6. The van der Waals surface area contributed by atoms with E-state index in [2.05, 4.69) is 15.3 Å². The second-order valence-electron chi connectivity index (χ2n) is 8.14. The number of fused-ring (bicyclic) bond motifs is 3. The number of aromatic nitrogens is 2. The summed E-state index contributed by atoms with van der Waals surface area (Å²) in [6.45, 7) is 1.40.